The molecule has 1 aliphatic rings. The van der Waals surface area contributed by atoms with Gasteiger partial charge in [-0.3, -0.25) is 4.90 Å². The number of oxazole rings is 1. The van der Waals surface area contributed by atoms with Gasteiger partial charge in [0.05, 0.1) is 10.6 Å². The average Bonchev–Trinajstić information content (AvgIpc) is 3.19. The Hall–Kier alpha value is -2.48. The predicted octanol–water partition coefficient (Wildman–Crippen LogP) is 3.28. The monoisotopic (exact) mass is 397 g/mol. The molecular weight excluding hydrogens is 374 g/mol. The molecule has 0 spiro atoms. The summed E-state index contributed by atoms with van der Waals surface area (Å²) in [6, 6.07) is 18.3. The van der Waals surface area contributed by atoms with Crippen LogP contribution >= 0.6 is 0 Å². The van der Waals surface area contributed by atoms with Crippen LogP contribution in [0.15, 0.2) is 76.2 Å². The molecule has 1 aliphatic heterocycles. The molecule has 1 aromatic heterocycles. The van der Waals surface area contributed by atoms with Crippen LogP contribution in [-0.2, 0) is 16.6 Å². The number of nitrogens with zero attached hydrogens (tertiary/aromatic N) is 2. The Morgan fingerprint density at radius 2 is 1.64 bits per heavy atom. The molecular formula is C21H23N3O3S. The maximum Gasteiger partial charge on any atom is 0.240 e. The molecule has 0 saturated carbocycles. The Morgan fingerprint density at radius 1 is 1.00 bits per heavy atom. The Morgan fingerprint density at radius 3 is 2.32 bits per heavy atom. The number of piperidine rings is 1. The van der Waals surface area contributed by atoms with E-state index in [-0.39, 0.29) is 6.04 Å². The molecule has 0 unspecified atom stereocenters. The van der Waals surface area contributed by atoms with E-state index >= 15 is 0 Å². The summed E-state index contributed by atoms with van der Waals surface area (Å²) in [7, 11) is -3.46. The Kier molecular flexibility index (Phi) is 5.57. The first kappa shape index (κ1) is 18.9. The molecule has 7 heteroatoms. The number of aromatic nitrogens is 1. The lowest BCUT2D eigenvalue weighted by atomic mass is 10.1. The predicted molar refractivity (Wildman–Crippen MR) is 107 cm³/mol. The van der Waals surface area contributed by atoms with Crippen LogP contribution in [0, 0.1) is 0 Å². The second-order valence-corrected chi connectivity index (χ2v) is 8.71. The summed E-state index contributed by atoms with van der Waals surface area (Å²) >= 11 is 0. The van der Waals surface area contributed by atoms with E-state index in [0.717, 1.165) is 37.2 Å². The quantitative estimate of drug-likeness (QED) is 0.691. The standard InChI is InChI=1S/C21H23N3O3S/c25-28(26,20-9-5-2-6-10-20)23-18-11-13-24(14-12-18)15-19-16-27-21(22-19)17-7-3-1-4-8-17/h1-10,16,18,23H,11-15H2. The minimum Gasteiger partial charge on any atom is -0.444 e. The van der Waals surface area contributed by atoms with Gasteiger partial charge < -0.3 is 4.42 Å². The number of hydrogen-bond donors (Lipinski definition) is 1. The van der Waals surface area contributed by atoms with Crippen LogP contribution in [0.1, 0.15) is 18.5 Å². The molecule has 2 aromatic carbocycles. The maximum absolute atomic E-state index is 12.5. The lowest BCUT2D eigenvalue weighted by Gasteiger charge is -2.31. The molecule has 0 bridgehead atoms. The fourth-order valence-corrected chi connectivity index (χ4v) is 4.74. The van der Waals surface area contributed by atoms with E-state index in [1.807, 2.05) is 36.4 Å². The number of benzene rings is 2. The molecule has 146 valence electrons. The van der Waals surface area contributed by atoms with Crippen LogP contribution in [0.25, 0.3) is 11.5 Å². The zero-order valence-electron chi connectivity index (χ0n) is 15.5. The van der Waals surface area contributed by atoms with E-state index in [4.69, 9.17) is 4.42 Å². The van der Waals surface area contributed by atoms with Crippen molar-refractivity contribution in [2.45, 2.75) is 30.3 Å². The molecule has 1 saturated heterocycles. The minimum absolute atomic E-state index is 0.0429. The van der Waals surface area contributed by atoms with E-state index in [1.165, 1.54) is 0 Å². The third-order valence-electron chi connectivity index (χ3n) is 4.92. The molecule has 2 heterocycles. The van der Waals surface area contributed by atoms with Crippen LogP contribution < -0.4 is 4.72 Å². The fraction of sp³-hybridized carbons (Fsp3) is 0.286. The van der Waals surface area contributed by atoms with Crippen molar-refractivity contribution in [1.82, 2.24) is 14.6 Å². The summed E-state index contributed by atoms with van der Waals surface area (Å²) in [6.07, 6.45) is 3.25. The highest BCUT2D eigenvalue weighted by atomic mass is 32.2. The highest BCUT2D eigenvalue weighted by Gasteiger charge is 2.25. The van der Waals surface area contributed by atoms with Crippen molar-refractivity contribution in [3.8, 4) is 11.5 Å². The summed E-state index contributed by atoms with van der Waals surface area (Å²) in [5.74, 6) is 0.626. The highest BCUT2D eigenvalue weighted by molar-refractivity contribution is 7.89. The zero-order valence-corrected chi connectivity index (χ0v) is 16.3. The maximum atomic E-state index is 12.5. The Balaban J connectivity index is 1.31. The van der Waals surface area contributed by atoms with Crippen molar-refractivity contribution in [3.05, 3.63) is 72.6 Å². The second-order valence-electron chi connectivity index (χ2n) is 6.99. The van der Waals surface area contributed by atoms with Crippen LogP contribution in [0.2, 0.25) is 0 Å². The summed E-state index contributed by atoms with van der Waals surface area (Å²) in [6.45, 7) is 2.33. The number of hydrogen-bond acceptors (Lipinski definition) is 5. The van der Waals surface area contributed by atoms with Crippen LogP contribution in [0.3, 0.4) is 0 Å². The summed E-state index contributed by atoms with van der Waals surface area (Å²) in [5.41, 5.74) is 1.85. The Bertz CT molecular complexity index is 996. The van der Waals surface area contributed by atoms with Crippen molar-refractivity contribution in [2.75, 3.05) is 13.1 Å². The smallest absolute Gasteiger partial charge is 0.240 e. The van der Waals surface area contributed by atoms with Crippen LogP contribution in [-0.4, -0.2) is 37.4 Å². The number of nitrogens with one attached hydrogen (secondary N) is 1. The van der Waals surface area contributed by atoms with Gasteiger partial charge in [-0.15, -0.1) is 0 Å². The number of sulfonamides is 1. The largest absolute Gasteiger partial charge is 0.444 e. The van der Waals surface area contributed by atoms with Crippen molar-refractivity contribution < 1.29 is 12.8 Å². The van der Waals surface area contributed by atoms with Crippen LogP contribution in [0.4, 0.5) is 0 Å². The highest BCUT2D eigenvalue weighted by Crippen LogP contribution is 2.20. The third kappa shape index (κ3) is 4.49. The summed E-state index contributed by atoms with van der Waals surface area (Å²) in [4.78, 5) is 7.16. The third-order valence-corrected chi connectivity index (χ3v) is 6.46. The molecule has 6 nitrogen and oxygen atoms in total. The molecule has 28 heavy (non-hydrogen) atoms. The van der Waals surface area contributed by atoms with Gasteiger partial charge in [0.2, 0.25) is 15.9 Å². The van der Waals surface area contributed by atoms with Gasteiger partial charge in [-0.25, -0.2) is 18.1 Å². The molecule has 1 fully saturated rings. The summed E-state index contributed by atoms with van der Waals surface area (Å²) in [5, 5.41) is 0. The van der Waals surface area contributed by atoms with Crippen molar-refractivity contribution in [1.29, 1.82) is 0 Å². The van der Waals surface area contributed by atoms with Gasteiger partial charge in [0.25, 0.3) is 0 Å². The average molecular weight is 398 g/mol. The van der Waals surface area contributed by atoms with E-state index < -0.39 is 10.0 Å². The van der Waals surface area contributed by atoms with Crippen molar-refractivity contribution >= 4 is 10.0 Å². The van der Waals surface area contributed by atoms with E-state index in [1.54, 1.807) is 30.5 Å². The normalized spacial score (nSPS) is 16.3. The van der Waals surface area contributed by atoms with Gasteiger partial charge >= 0.3 is 0 Å². The lowest BCUT2D eigenvalue weighted by Crippen LogP contribution is -2.44. The molecule has 4 rings (SSSR count). The first-order valence-corrected chi connectivity index (χ1v) is 10.9. The molecule has 1 N–H and O–H groups in total. The van der Waals surface area contributed by atoms with E-state index in [9.17, 15) is 8.42 Å². The van der Waals surface area contributed by atoms with E-state index in [0.29, 0.717) is 17.3 Å². The van der Waals surface area contributed by atoms with Crippen molar-refractivity contribution in [3.63, 3.8) is 0 Å². The minimum atomic E-state index is -3.46. The van der Waals surface area contributed by atoms with Gasteiger partial charge in [-0.2, -0.15) is 0 Å². The first-order valence-electron chi connectivity index (χ1n) is 9.40. The molecule has 0 atom stereocenters. The SMILES string of the molecule is O=S(=O)(NC1CCN(Cc2coc(-c3ccccc3)n2)CC1)c1ccccc1. The zero-order chi connectivity index (χ0) is 19.4. The Labute approximate surface area is 165 Å². The van der Waals surface area contributed by atoms with Gasteiger partial charge in [-0.05, 0) is 37.1 Å². The van der Waals surface area contributed by atoms with Crippen LogP contribution in [0.5, 0.6) is 0 Å². The van der Waals surface area contributed by atoms with Gasteiger partial charge in [0.1, 0.15) is 6.26 Å². The van der Waals surface area contributed by atoms with Gasteiger partial charge in [-0.1, -0.05) is 36.4 Å². The fourth-order valence-electron chi connectivity index (χ4n) is 3.42. The molecule has 0 radical (unpaired) electrons. The second kappa shape index (κ2) is 8.26. The van der Waals surface area contributed by atoms with E-state index in [2.05, 4.69) is 14.6 Å². The van der Waals surface area contributed by atoms with Crippen molar-refractivity contribution in [2.24, 2.45) is 0 Å². The lowest BCUT2D eigenvalue weighted by molar-refractivity contribution is 0.198. The molecule has 3 aromatic rings. The first-order chi connectivity index (χ1) is 13.6. The molecule has 0 aliphatic carbocycles. The van der Waals surface area contributed by atoms with Gasteiger partial charge in [0.15, 0.2) is 0 Å². The van der Waals surface area contributed by atoms with Gasteiger partial charge in [0, 0.05) is 31.2 Å². The number of rotatable bonds is 6. The number of likely N-dealkylation sites (tertiary alicyclic amines) is 1. The topological polar surface area (TPSA) is 75.4 Å². The molecule has 0 amide bonds. The summed E-state index contributed by atoms with van der Waals surface area (Å²) < 4.78 is 33.4.